The quantitative estimate of drug-likeness (QED) is 0.899. The Morgan fingerprint density at radius 1 is 1.33 bits per heavy atom. The van der Waals surface area contributed by atoms with Gasteiger partial charge in [0.05, 0.1) is 11.7 Å². The van der Waals surface area contributed by atoms with Crippen molar-refractivity contribution in [1.29, 1.82) is 0 Å². The van der Waals surface area contributed by atoms with Crippen molar-refractivity contribution in [3.8, 4) is 0 Å². The SMILES string of the molecule is O=C(O)CN(CC(F)(F)F)C(=O)c1ccc2[nH]ncc2c1. The molecular formula is C12H10F3N3O3. The molecule has 0 bridgehead atoms. The van der Waals surface area contributed by atoms with E-state index in [1.54, 1.807) is 0 Å². The van der Waals surface area contributed by atoms with Gasteiger partial charge in [-0.2, -0.15) is 18.3 Å². The van der Waals surface area contributed by atoms with Crippen molar-refractivity contribution in [3.05, 3.63) is 30.0 Å². The number of nitrogens with one attached hydrogen (secondary N) is 1. The van der Waals surface area contributed by atoms with Gasteiger partial charge in [0.25, 0.3) is 5.91 Å². The van der Waals surface area contributed by atoms with Crippen LogP contribution in [0.2, 0.25) is 0 Å². The molecule has 112 valence electrons. The summed E-state index contributed by atoms with van der Waals surface area (Å²) < 4.78 is 37.3. The molecule has 0 aliphatic carbocycles. The van der Waals surface area contributed by atoms with Crippen molar-refractivity contribution < 1.29 is 27.9 Å². The van der Waals surface area contributed by atoms with Gasteiger partial charge < -0.3 is 10.0 Å². The number of hydrogen-bond acceptors (Lipinski definition) is 3. The van der Waals surface area contributed by atoms with Gasteiger partial charge in [-0.1, -0.05) is 0 Å². The summed E-state index contributed by atoms with van der Waals surface area (Å²) in [5, 5.41) is 15.6. The average molecular weight is 301 g/mol. The lowest BCUT2D eigenvalue weighted by Gasteiger charge is -2.22. The molecule has 0 atom stereocenters. The molecule has 6 nitrogen and oxygen atoms in total. The Morgan fingerprint density at radius 2 is 2.05 bits per heavy atom. The number of carbonyl (C=O) groups excluding carboxylic acids is 1. The molecule has 21 heavy (non-hydrogen) atoms. The molecule has 0 saturated heterocycles. The number of H-pyrrole nitrogens is 1. The number of benzene rings is 1. The van der Waals surface area contributed by atoms with E-state index in [1.807, 2.05) is 0 Å². The van der Waals surface area contributed by atoms with Crippen LogP contribution in [-0.2, 0) is 4.79 Å². The largest absolute Gasteiger partial charge is 0.480 e. The molecule has 0 spiro atoms. The molecule has 2 rings (SSSR count). The van der Waals surface area contributed by atoms with Gasteiger partial charge in [-0.15, -0.1) is 0 Å². The maximum Gasteiger partial charge on any atom is 0.406 e. The number of aromatic amines is 1. The number of fused-ring (bicyclic) bond motifs is 1. The smallest absolute Gasteiger partial charge is 0.406 e. The number of hydrogen-bond donors (Lipinski definition) is 2. The van der Waals surface area contributed by atoms with E-state index in [4.69, 9.17) is 5.11 Å². The number of carbonyl (C=O) groups is 2. The van der Waals surface area contributed by atoms with Crippen LogP contribution in [0, 0.1) is 0 Å². The summed E-state index contributed by atoms with van der Waals surface area (Å²) in [4.78, 5) is 22.9. The molecule has 0 radical (unpaired) electrons. The maximum absolute atomic E-state index is 12.4. The Balaban J connectivity index is 2.29. The van der Waals surface area contributed by atoms with Crippen LogP contribution < -0.4 is 0 Å². The summed E-state index contributed by atoms with van der Waals surface area (Å²) in [6, 6.07) is 4.16. The van der Waals surface area contributed by atoms with Crippen LogP contribution in [0.4, 0.5) is 13.2 Å². The molecule has 1 aromatic heterocycles. The van der Waals surface area contributed by atoms with Crippen LogP contribution >= 0.6 is 0 Å². The summed E-state index contributed by atoms with van der Waals surface area (Å²) in [5.74, 6) is -2.52. The Morgan fingerprint density at radius 3 is 2.67 bits per heavy atom. The van der Waals surface area contributed by atoms with Gasteiger partial charge in [-0.3, -0.25) is 14.7 Å². The van der Waals surface area contributed by atoms with E-state index in [-0.39, 0.29) is 10.5 Å². The minimum absolute atomic E-state index is 0.0330. The predicted molar refractivity (Wildman–Crippen MR) is 65.7 cm³/mol. The minimum Gasteiger partial charge on any atom is -0.480 e. The molecule has 1 aromatic carbocycles. The highest BCUT2D eigenvalue weighted by atomic mass is 19.4. The fraction of sp³-hybridized carbons (Fsp3) is 0.250. The first kappa shape index (κ1) is 14.8. The zero-order valence-electron chi connectivity index (χ0n) is 10.5. The zero-order valence-corrected chi connectivity index (χ0v) is 10.5. The van der Waals surface area contributed by atoms with Gasteiger partial charge in [0, 0.05) is 10.9 Å². The van der Waals surface area contributed by atoms with E-state index in [9.17, 15) is 22.8 Å². The molecule has 0 unspecified atom stereocenters. The highest BCUT2D eigenvalue weighted by Gasteiger charge is 2.34. The van der Waals surface area contributed by atoms with Crippen LogP contribution in [0.1, 0.15) is 10.4 Å². The first-order chi connectivity index (χ1) is 9.76. The average Bonchev–Trinajstić information content (AvgIpc) is 2.81. The van der Waals surface area contributed by atoms with Gasteiger partial charge in [-0.25, -0.2) is 0 Å². The molecular weight excluding hydrogens is 291 g/mol. The summed E-state index contributed by atoms with van der Waals surface area (Å²) in [6.07, 6.45) is -3.26. The molecule has 2 aromatic rings. The lowest BCUT2D eigenvalue weighted by Crippen LogP contribution is -2.42. The third-order valence-electron chi connectivity index (χ3n) is 2.67. The van der Waals surface area contributed by atoms with Gasteiger partial charge in [0.2, 0.25) is 0 Å². The number of amides is 1. The maximum atomic E-state index is 12.4. The number of rotatable bonds is 4. The van der Waals surface area contributed by atoms with Crippen LogP contribution in [-0.4, -0.2) is 51.3 Å². The predicted octanol–water partition coefficient (Wildman–Crippen LogP) is 1.65. The Hall–Kier alpha value is -2.58. The second-order valence-electron chi connectivity index (χ2n) is 4.34. The first-order valence-corrected chi connectivity index (χ1v) is 5.77. The monoisotopic (exact) mass is 301 g/mol. The van der Waals surface area contributed by atoms with Crippen molar-refractivity contribution in [2.45, 2.75) is 6.18 Å². The Labute approximate surface area is 116 Å². The number of nitrogens with zero attached hydrogens (tertiary/aromatic N) is 2. The number of carboxylic acid groups (broad SMARTS) is 1. The van der Waals surface area contributed by atoms with Crippen molar-refractivity contribution in [1.82, 2.24) is 15.1 Å². The van der Waals surface area contributed by atoms with Crippen molar-refractivity contribution in [2.24, 2.45) is 0 Å². The van der Waals surface area contributed by atoms with Crippen LogP contribution in [0.25, 0.3) is 10.9 Å². The number of alkyl halides is 3. The number of aliphatic carboxylic acids is 1. The summed E-state index contributed by atoms with van der Waals surface area (Å²) in [6.45, 7) is -2.65. The molecule has 0 fully saturated rings. The minimum atomic E-state index is -4.68. The van der Waals surface area contributed by atoms with Gasteiger partial charge in [0.1, 0.15) is 13.1 Å². The van der Waals surface area contributed by atoms with Crippen LogP contribution in [0.5, 0.6) is 0 Å². The highest BCUT2D eigenvalue weighted by Crippen LogP contribution is 2.19. The van der Waals surface area contributed by atoms with Gasteiger partial charge >= 0.3 is 12.1 Å². The Bertz CT molecular complexity index is 681. The normalized spacial score (nSPS) is 11.6. The van der Waals surface area contributed by atoms with E-state index in [2.05, 4.69) is 10.2 Å². The van der Waals surface area contributed by atoms with E-state index in [0.29, 0.717) is 10.9 Å². The summed E-state index contributed by atoms with van der Waals surface area (Å²) in [7, 11) is 0. The number of halogens is 3. The molecule has 0 aliphatic heterocycles. The third kappa shape index (κ3) is 3.71. The standard InChI is InChI=1S/C12H10F3N3O3/c13-12(14,15)6-18(5-10(19)20)11(21)7-1-2-9-8(3-7)4-16-17-9/h1-4H,5-6H2,(H,16,17)(H,19,20). The van der Waals surface area contributed by atoms with Gasteiger partial charge in [-0.05, 0) is 18.2 Å². The molecule has 2 N–H and O–H groups in total. The van der Waals surface area contributed by atoms with Crippen LogP contribution in [0.15, 0.2) is 24.4 Å². The lowest BCUT2D eigenvalue weighted by molar-refractivity contribution is -0.149. The number of aromatic nitrogens is 2. The second-order valence-corrected chi connectivity index (χ2v) is 4.34. The van der Waals surface area contributed by atoms with Crippen molar-refractivity contribution in [2.75, 3.05) is 13.1 Å². The number of carboxylic acids is 1. The Kier molecular flexibility index (Phi) is 3.83. The molecule has 1 heterocycles. The van der Waals surface area contributed by atoms with Gasteiger partial charge in [0.15, 0.2) is 0 Å². The summed E-state index contributed by atoms with van der Waals surface area (Å²) in [5.41, 5.74) is 0.585. The molecule has 9 heteroatoms. The van der Waals surface area contributed by atoms with Crippen LogP contribution in [0.3, 0.4) is 0 Å². The topological polar surface area (TPSA) is 86.3 Å². The molecule has 0 aliphatic rings. The fourth-order valence-corrected chi connectivity index (χ4v) is 1.84. The third-order valence-corrected chi connectivity index (χ3v) is 2.67. The van der Waals surface area contributed by atoms with E-state index in [1.165, 1.54) is 24.4 Å². The van der Waals surface area contributed by atoms with Crippen molar-refractivity contribution in [3.63, 3.8) is 0 Å². The van der Waals surface area contributed by atoms with E-state index in [0.717, 1.165) is 0 Å². The van der Waals surface area contributed by atoms with E-state index >= 15 is 0 Å². The molecule has 1 amide bonds. The lowest BCUT2D eigenvalue weighted by atomic mass is 10.1. The van der Waals surface area contributed by atoms with Crippen molar-refractivity contribution >= 4 is 22.8 Å². The highest BCUT2D eigenvalue weighted by molar-refractivity contribution is 5.99. The molecule has 0 saturated carbocycles. The second kappa shape index (κ2) is 5.43. The zero-order chi connectivity index (χ0) is 15.6. The summed E-state index contributed by atoms with van der Waals surface area (Å²) >= 11 is 0. The first-order valence-electron chi connectivity index (χ1n) is 5.77. The van der Waals surface area contributed by atoms with E-state index < -0.39 is 31.1 Å². The fourth-order valence-electron chi connectivity index (χ4n) is 1.84.